The minimum atomic E-state index is -1.06. The maximum absolute atomic E-state index is 12.7. The number of carbonyl (C=O) groups is 1. The van der Waals surface area contributed by atoms with Crippen molar-refractivity contribution < 1.29 is 18.7 Å². The van der Waals surface area contributed by atoms with Crippen molar-refractivity contribution in [2.45, 2.75) is 0 Å². The van der Waals surface area contributed by atoms with Crippen LogP contribution in [0.25, 0.3) is 11.0 Å². The van der Waals surface area contributed by atoms with Crippen molar-refractivity contribution in [2.75, 3.05) is 0 Å². The molecule has 1 N–H and O–H groups in total. The normalized spacial score (nSPS) is 10.7. The summed E-state index contributed by atoms with van der Waals surface area (Å²) >= 11 is 3.11. The standard InChI is InChI=1S/C9H4BrFO3/c10-6-2-5(9(12)13)1-4-3-7(11)14-8(4)6/h1-3H,(H,12,13). The Morgan fingerprint density at radius 1 is 1.43 bits per heavy atom. The summed E-state index contributed by atoms with van der Waals surface area (Å²) in [5.74, 6) is -1.06. The molecule has 1 heterocycles. The van der Waals surface area contributed by atoms with E-state index in [4.69, 9.17) is 9.52 Å². The highest BCUT2D eigenvalue weighted by Gasteiger charge is 2.11. The molecule has 1 aromatic carbocycles. The molecular weight excluding hydrogens is 255 g/mol. The predicted molar refractivity (Wildman–Crippen MR) is 50.8 cm³/mol. The average Bonchev–Trinajstić information content (AvgIpc) is 2.45. The fourth-order valence-electron chi connectivity index (χ4n) is 1.20. The van der Waals surface area contributed by atoms with Crippen LogP contribution in [0, 0.1) is 6.01 Å². The van der Waals surface area contributed by atoms with Crippen LogP contribution in [0.3, 0.4) is 0 Å². The van der Waals surface area contributed by atoms with Crippen LogP contribution in [-0.4, -0.2) is 11.1 Å². The highest BCUT2D eigenvalue weighted by molar-refractivity contribution is 9.10. The largest absolute Gasteiger partial charge is 0.478 e. The number of hydrogen-bond acceptors (Lipinski definition) is 2. The molecule has 2 aromatic rings. The Bertz CT molecular complexity index is 518. The summed E-state index contributed by atoms with van der Waals surface area (Å²) in [5, 5.41) is 9.16. The lowest BCUT2D eigenvalue weighted by molar-refractivity contribution is 0.0697. The van der Waals surface area contributed by atoms with Gasteiger partial charge in [-0.1, -0.05) is 0 Å². The fraction of sp³-hybridized carbons (Fsp3) is 0. The van der Waals surface area contributed by atoms with Crippen LogP contribution in [0.5, 0.6) is 0 Å². The zero-order chi connectivity index (χ0) is 10.3. The van der Waals surface area contributed by atoms with Crippen molar-refractivity contribution in [3.05, 3.63) is 34.2 Å². The van der Waals surface area contributed by atoms with E-state index in [0.29, 0.717) is 15.4 Å². The third-order valence-electron chi connectivity index (χ3n) is 1.79. The van der Waals surface area contributed by atoms with Gasteiger partial charge in [0.25, 0.3) is 6.01 Å². The summed E-state index contributed by atoms with van der Waals surface area (Å²) in [6, 6.07) is 3.14. The summed E-state index contributed by atoms with van der Waals surface area (Å²) in [6.07, 6.45) is 0. The molecule has 0 saturated carbocycles. The summed E-state index contributed by atoms with van der Waals surface area (Å²) in [5.41, 5.74) is 0.401. The van der Waals surface area contributed by atoms with E-state index in [2.05, 4.69) is 15.9 Å². The maximum Gasteiger partial charge on any atom is 0.335 e. The van der Waals surface area contributed by atoms with Gasteiger partial charge in [-0.05, 0) is 28.1 Å². The van der Waals surface area contributed by atoms with Gasteiger partial charge in [-0.3, -0.25) is 0 Å². The number of hydrogen-bond donors (Lipinski definition) is 1. The van der Waals surface area contributed by atoms with Gasteiger partial charge in [-0.2, -0.15) is 4.39 Å². The number of aromatic carboxylic acids is 1. The van der Waals surface area contributed by atoms with Gasteiger partial charge in [0.1, 0.15) is 0 Å². The molecule has 0 saturated heterocycles. The molecule has 0 aliphatic heterocycles. The second-order valence-corrected chi connectivity index (χ2v) is 3.59. The lowest BCUT2D eigenvalue weighted by Crippen LogP contribution is -1.95. The van der Waals surface area contributed by atoms with Crippen LogP contribution in [0.1, 0.15) is 10.4 Å². The zero-order valence-corrected chi connectivity index (χ0v) is 8.34. The van der Waals surface area contributed by atoms with E-state index in [9.17, 15) is 9.18 Å². The Kier molecular flexibility index (Phi) is 2.03. The molecule has 0 aliphatic carbocycles. The van der Waals surface area contributed by atoms with Crippen molar-refractivity contribution in [2.24, 2.45) is 0 Å². The molecule has 0 bridgehead atoms. The van der Waals surface area contributed by atoms with Crippen LogP contribution < -0.4 is 0 Å². The number of carboxylic acids is 1. The van der Waals surface area contributed by atoms with E-state index in [1.165, 1.54) is 12.1 Å². The SMILES string of the molecule is O=C(O)c1cc(Br)c2oc(F)cc2c1. The van der Waals surface area contributed by atoms with Gasteiger partial charge >= 0.3 is 5.97 Å². The van der Waals surface area contributed by atoms with E-state index >= 15 is 0 Å². The Labute approximate surface area is 86.3 Å². The molecule has 2 rings (SSSR count). The number of fused-ring (bicyclic) bond motifs is 1. The van der Waals surface area contributed by atoms with Crippen LogP contribution in [0.15, 0.2) is 27.1 Å². The first kappa shape index (κ1) is 9.21. The quantitative estimate of drug-likeness (QED) is 0.856. The summed E-state index contributed by atoms with van der Waals surface area (Å²) < 4.78 is 17.9. The van der Waals surface area contributed by atoms with Crippen LogP contribution in [0.2, 0.25) is 0 Å². The molecular formula is C9H4BrFO3. The molecule has 1 aromatic heterocycles. The number of halogens is 2. The monoisotopic (exact) mass is 258 g/mol. The molecule has 0 unspecified atom stereocenters. The second-order valence-electron chi connectivity index (χ2n) is 2.73. The topological polar surface area (TPSA) is 50.4 Å². The first-order chi connectivity index (χ1) is 6.58. The van der Waals surface area contributed by atoms with Crippen molar-refractivity contribution in [3.63, 3.8) is 0 Å². The van der Waals surface area contributed by atoms with E-state index in [-0.39, 0.29) is 5.56 Å². The van der Waals surface area contributed by atoms with Gasteiger partial charge in [0.05, 0.1) is 10.0 Å². The van der Waals surface area contributed by atoms with Crippen LogP contribution in [-0.2, 0) is 0 Å². The Morgan fingerprint density at radius 3 is 2.79 bits per heavy atom. The molecule has 0 radical (unpaired) electrons. The zero-order valence-electron chi connectivity index (χ0n) is 6.75. The number of benzene rings is 1. The van der Waals surface area contributed by atoms with E-state index in [1.54, 1.807) is 0 Å². The Morgan fingerprint density at radius 2 is 2.14 bits per heavy atom. The Balaban J connectivity index is 2.77. The lowest BCUT2D eigenvalue weighted by atomic mass is 10.2. The molecule has 0 aliphatic rings. The van der Waals surface area contributed by atoms with Crippen molar-refractivity contribution in [1.82, 2.24) is 0 Å². The predicted octanol–water partition coefficient (Wildman–Crippen LogP) is 3.03. The molecule has 3 nitrogen and oxygen atoms in total. The van der Waals surface area contributed by atoms with Gasteiger partial charge in [0.2, 0.25) is 0 Å². The van der Waals surface area contributed by atoms with E-state index < -0.39 is 12.0 Å². The van der Waals surface area contributed by atoms with Gasteiger partial charge < -0.3 is 9.52 Å². The molecule has 72 valence electrons. The van der Waals surface area contributed by atoms with Crippen LogP contribution in [0.4, 0.5) is 4.39 Å². The van der Waals surface area contributed by atoms with Gasteiger partial charge in [-0.15, -0.1) is 0 Å². The molecule has 0 amide bonds. The fourth-order valence-corrected chi connectivity index (χ4v) is 1.76. The first-order valence-electron chi connectivity index (χ1n) is 3.70. The molecule has 5 heteroatoms. The first-order valence-corrected chi connectivity index (χ1v) is 4.49. The van der Waals surface area contributed by atoms with Crippen LogP contribution >= 0.6 is 15.9 Å². The summed E-state index contributed by atoms with van der Waals surface area (Å²) in [7, 11) is 0. The smallest absolute Gasteiger partial charge is 0.335 e. The highest BCUT2D eigenvalue weighted by Crippen LogP contribution is 2.28. The minimum Gasteiger partial charge on any atom is -0.478 e. The van der Waals surface area contributed by atoms with E-state index in [1.807, 2.05) is 0 Å². The number of furan rings is 1. The lowest BCUT2D eigenvalue weighted by Gasteiger charge is -1.96. The molecule has 0 fully saturated rings. The van der Waals surface area contributed by atoms with Crippen molar-refractivity contribution >= 4 is 32.9 Å². The third kappa shape index (κ3) is 1.39. The van der Waals surface area contributed by atoms with Crippen molar-refractivity contribution in [1.29, 1.82) is 0 Å². The second kappa shape index (κ2) is 3.09. The summed E-state index contributed by atoms with van der Waals surface area (Å²) in [4.78, 5) is 10.7. The molecule has 0 atom stereocenters. The average molecular weight is 259 g/mol. The van der Waals surface area contributed by atoms with E-state index in [0.717, 1.165) is 6.07 Å². The highest BCUT2D eigenvalue weighted by atomic mass is 79.9. The minimum absolute atomic E-state index is 0.0881. The van der Waals surface area contributed by atoms with Gasteiger partial charge in [0, 0.05) is 11.5 Å². The third-order valence-corrected chi connectivity index (χ3v) is 2.38. The van der Waals surface area contributed by atoms with Gasteiger partial charge in [-0.25, -0.2) is 4.79 Å². The Hall–Kier alpha value is -1.36. The number of carboxylic acid groups (broad SMARTS) is 1. The number of rotatable bonds is 1. The maximum atomic E-state index is 12.7. The van der Waals surface area contributed by atoms with Crippen molar-refractivity contribution in [3.8, 4) is 0 Å². The molecule has 14 heavy (non-hydrogen) atoms. The summed E-state index contributed by atoms with van der Waals surface area (Å²) in [6.45, 7) is 0. The molecule has 0 spiro atoms. The van der Waals surface area contributed by atoms with Gasteiger partial charge in [0.15, 0.2) is 5.58 Å².